The third kappa shape index (κ3) is 10.2. The first-order valence-electron chi connectivity index (χ1n) is 22.3. The van der Waals surface area contributed by atoms with Crippen LogP contribution in [0.1, 0.15) is 64.0 Å². The van der Waals surface area contributed by atoms with Crippen molar-refractivity contribution >= 4 is 69.0 Å². The van der Waals surface area contributed by atoms with E-state index in [1.807, 2.05) is 122 Å². The number of H-pyrrole nitrogens is 1. The first kappa shape index (κ1) is 46.3. The van der Waals surface area contributed by atoms with Gasteiger partial charge in [0.15, 0.2) is 11.4 Å². The van der Waals surface area contributed by atoms with Gasteiger partial charge in [0.1, 0.15) is 24.0 Å². The minimum atomic E-state index is -0.632. The predicted octanol–water partition coefficient (Wildman–Crippen LogP) is 8.71. The number of rotatable bonds is 18. The van der Waals surface area contributed by atoms with Gasteiger partial charge in [-0.25, -0.2) is 14.8 Å². The molecule has 1 unspecified atom stereocenters. The number of carbonyl (C=O) groups is 4. The van der Waals surface area contributed by atoms with E-state index in [4.69, 9.17) is 19.4 Å². The molecule has 0 spiro atoms. The van der Waals surface area contributed by atoms with Gasteiger partial charge in [-0.3, -0.25) is 19.7 Å². The van der Waals surface area contributed by atoms with Crippen LogP contribution in [-0.4, -0.2) is 81.7 Å². The highest BCUT2D eigenvalue weighted by Crippen LogP contribution is 2.36. The molecule has 8 aromatic rings. The molecule has 1 aliphatic rings. The van der Waals surface area contributed by atoms with Crippen LogP contribution in [0, 0.1) is 0 Å². The molecule has 5 aromatic carbocycles. The van der Waals surface area contributed by atoms with E-state index in [1.165, 1.54) is 0 Å². The molecule has 69 heavy (non-hydrogen) atoms. The maximum Gasteiger partial charge on any atom is 0.357 e. The summed E-state index contributed by atoms with van der Waals surface area (Å²) in [6, 6.07) is 35.1. The monoisotopic (exact) mass is 961 g/mol. The van der Waals surface area contributed by atoms with Crippen molar-refractivity contribution in [2.75, 3.05) is 24.3 Å². The summed E-state index contributed by atoms with van der Waals surface area (Å²) in [5.41, 5.74) is 7.60. The van der Waals surface area contributed by atoms with E-state index in [0.29, 0.717) is 41.6 Å². The van der Waals surface area contributed by atoms with Gasteiger partial charge in [-0.05, 0) is 95.8 Å². The van der Waals surface area contributed by atoms with Gasteiger partial charge in [0.2, 0.25) is 11.7 Å². The Labute approximate surface area is 405 Å². The molecule has 1 fully saturated rings. The number of hydrogen-bond donors (Lipinski definition) is 4. The summed E-state index contributed by atoms with van der Waals surface area (Å²) in [5, 5.41) is 22.4. The maximum atomic E-state index is 14.2. The highest BCUT2D eigenvalue weighted by Gasteiger charge is 2.32. The van der Waals surface area contributed by atoms with Crippen molar-refractivity contribution in [2.24, 2.45) is 7.05 Å². The van der Waals surface area contributed by atoms with Crippen LogP contribution in [0.2, 0.25) is 0 Å². The Balaban J connectivity index is 0.889. The Morgan fingerprint density at radius 2 is 1.61 bits per heavy atom. The summed E-state index contributed by atoms with van der Waals surface area (Å²) in [7, 11) is 3.74. The van der Waals surface area contributed by atoms with Crippen LogP contribution in [0.5, 0.6) is 5.75 Å². The smallest absolute Gasteiger partial charge is 0.357 e. The molecule has 1 aliphatic heterocycles. The maximum absolute atomic E-state index is 14.2. The Hall–Kier alpha value is -7.77. The fourth-order valence-electron chi connectivity index (χ4n) is 8.07. The van der Waals surface area contributed by atoms with Gasteiger partial charge in [-0.15, -0.1) is 10.2 Å². The number of carbonyl (C=O) groups excluding carboxylic acids is 4. The molecule has 0 radical (unpaired) electrons. The number of ether oxygens (including phenoxy) is 2. The number of aromatic amines is 1. The molecule has 9 rings (SSSR count). The predicted molar refractivity (Wildman–Crippen MR) is 265 cm³/mol. The second kappa shape index (κ2) is 20.6. The number of aromatic nitrogens is 8. The zero-order valence-electron chi connectivity index (χ0n) is 38.1. The molecular formula is C50H47N11O6S2. The van der Waals surface area contributed by atoms with E-state index in [1.54, 1.807) is 30.3 Å². The number of aryl methyl sites for hydroxylation is 2. The van der Waals surface area contributed by atoms with Gasteiger partial charge in [-0.2, -0.15) is 5.21 Å². The molecule has 1 saturated heterocycles. The molecule has 0 aliphatic carbocycles. The van der Waals surface area contributed by atoms with E-state index in [2.05, 4.69) is 42.6 Å². The third-order valence-electron chi connectivity index (χ3n) is 11.5. The number of hydrogen-bond acceptors (Lipinski definition) is 14. The number of esters is 1. The second-order valence-corrected chi connectivity index (χ2v) is 18.4. The number of tetrazole rings is 1. The van der Waals surface area contributed by atoms with Crippen LogP contribution in [0.25, 0.3) is 33.5 Å². The van der Waals surface area contributed by atoms with Crippen LogP contribution in [0.4, 0.5) is 16.2 Å². The lowest BCUT2D eigenvalue weighted by molar-refractivity contribution is -0.118. The van der Waals surface area contributed by atoms with Crippen LogP contribution >= 0.6 is 23.5 Å². The van der Waals surface area contributed by atoms with Crippen LogP contribution in [0.15, 0.2) is 119 Å². The van der Waals surface area contributed by atoms with E-state index in [0.717, 1.165) is 72.6 Å². The molecule has 19 heteroatoms. The molecular weight excluding hydrogens is 915 g/mol. The van der Waals surface area contributed by atoms with E-state index in [-0.39, 0.29) is 42.3 Å². The summed E-state index contributed by atoms with van der Waals surface area (Å²) in [5.74, 6) is 1.08. The molecule has 0 saturated carbocycles. The number of nitrogens with zero attached hydrogens (tertiary/aromatic N) is 7. The van der Waals surface area contributed by atoms with E-state index < -0.39 is 17.1 Å². The van der Waals surface area contributed by atoms with Crippen LogP contribution in [-0.2, 0) is 42.6 Å². The highest BCUT2D eigenvalue weighted by atomic mass is 32.2. The molecule has 4 N–H and O–H groups in total. The average Bonchev–Trinajstić information content (AvgIpc) is 4.16. The van der Waals surface area contributed by atoms with Crippen molar-refractivity contribution in [3.8, 4) is 28.3 Å². The van der Waals surface area contributed by atoms with Gasteiger partial charge in [0, 0.05) is 42.4 Å². The number of fused-ring (bicyclic) bond motifs is 1. The summed E-state index contributed by atoms with van der Waals surface area (Å²) < 4.78 is 15.4. The van der Waals surface area contributed by atoms with Crippen molar-refractivity contribution < 1.29 is 28.7 Å². The number of amides is 3. The third-order valence-corrected chi connectivity index (χ3v) is 13.5. The second-order valence-electron chi connectivity index (χ2n) is 16.0. The summed E-state index contributed by atoms with van der Waals surface area (Å²) >= 11 is 2.58. The van der Waals surface area contributed by atoms with Gasteiger partial charge < -0.3 is 29.2 Å². The first-order valence-corrected chi connectivity index (χ1v) is 24.0. The lowest BCUT2D eigenvalue weighted by Gasteiger charge is -2.14. The minimum Gasteiger partial charge on any atom is -0.486 e. The number of benzene rings is 5. The summed E-state index contributed by atoms with van der Waals surface area (Å²) in [6.07, 6.45) is 1.73. The Morgan fingerprint density at radius 3 is 2.32 bits per heavy atom. The minimum absolute atomic E-state index is 0.0135. The van der Waals surface area contributed by atoms with Crippen molar-refractivity contribution in [2.45, 2.75) is 61.3 Å². The molecule has 0 bridgehead atoms. The van der Waals surface area contributed by atoms with Gasteiger partial charge in [0.25, 0.3) is 11.1 Å². The quantitative estimate of drug-likeness (QED) is 0.0593. The fourth-order valence-corrected chi connectivity index (χ4v) is 9.82. The summed E-state index contributed by atoms with van der Waals surface area (Å²) in [6.45, 7) is 4.41. The molecule has 4 heterocycles. The standard InChI is InChI=1S/C50H47N11O6S2/c1-5-9-42-54-44(45(49(64)66-6-2)61(42)27-30-12-16-31(17-13-30)35-10-7-8-11-36(35)46-56-58-59-57-46)48(63)53-37-22-20-33(25-39(37)51-3)68-34-21-23-38-40(26-34)60(4)43(52-38)28-67-32-18-14-29(15-19-32)24-41-47(62)55-50(65)69-41/h7-8,10-23,25-26,41,51H,5-6,9,24,27-28H2,1-4H3,(H,53,63)(H,55,62,65)(H,56,57,58,59). The molecule has 350 valence electrons. The van der Waals surface area contributed by atoms with E-state index >= 15 is 0 Å². The Bertz CT molecular complexity index is 3190. The normalized spacial score (nSPS) is 13.4. The van der Waals surface area contributed by atoms with Gasteiger partial charge >= 0.3 is 5.97 Å². The zero-order valence-corrected chi connectivity index (χ0v) is 39.7. The molecule has 3 amide bonds. The number of nitrogens with one attached hydrogen (secondary N) is 4. The summed E-state index contributed by atoms with van der Waals surface area (Å²) in [4.78, 5) is 63.0. The Kier molecular flexibility index (Phi) is 13.8. The van der Waals surface area contributed by atoms with Gasteiger partial charge in [0.05, 0.1) is 34.3 Å². The largest absolute Gasteiger partial charge is 0.486 e. The molecule has 3 aromatic heterocycles. The van der Waals surface area contributed by atoms with Crippen molar-refractivity contribution in [1.82, 2.24) is 45.0 Å². The fraction of sp³-hybridized carbons (Fsp3) is 0.220. The topological polar surface area (TPSA) is 213 Å². The molecule has 1 atom stereocenters. The number of imidazole rings is 2. The zero-order chi connectivity index (χ0) is 48.0. The highest BCUT2D eigenvalue weighted by molar-refractivity contribution is 8.15. The van der Waals surface area contributed by atoms with Crippen molar-refractivity contribution in [1.29, 1.82) is 0 Å². The van der Waals surface area contributed by atoms with Crippen molar-refractivity contribution in [3.63, 3.8) is 0 Å². The number of anilines is 2. The van der Waals surface area contributed by atoms with Gasteiger partial charge in [-0.1, -0.05) is 91.1 Å². The number of thioether (sulfide) groups is 1. The van der Waals surface area contributed by atoms with Crippen molar-refractivity contribution in [3.05, 3.63) is 143 Å². The Morgan fingerprint density at radius 1 is 0.855 bits per heavy atom. The average molecular weight is 962 g/mol. The van der Waals surface area contributed by atoms with Crippen LogP contribution in [0.3, 0.4) is 0 Å². The van der Waals surface area contributed by atoms with Crippen LogP contribution < -0.4 is 20.7 Å². The number of imide groups is 1. The first-order chi connectivity index (χ1) is 33.6. The SMILES string of the molecule is CCCc1nc(C(=O)Nc2ccc(Sc3ccc4nc(COc5ccc(CC6SC(=O)NC6=O)cc5)n(C)c4c3)cc2NC)c(C(=O)OCC)n1Cc1ccc(-c2ccccc2-c2nn[nH]n2)cc1. The lowest BCUT2D eigenvalue weighted by Crippen LogP contribution is -2.25. The van der Waals surface area contributed by atoms with E-state index in [9.17, 15) is 19.2 Å². The lowest BCUT2D eigenvalue weighted by atomic mass is 9.98. The molecule has 17 nitrogen and oxygen atoms in total.